The summed E-state index contributed by atoms with van der Waals surface area (Å²) in [5.41, 5.74) is 9.03. The van der Waals surface area contributed by atoms with Gasteiger partial charge < -0.3 is 10.5 Å². The smallest absolute Gasteiger partial charge is 0.139 e. The van der Waals surface area contributed by atoms with Gasteiger partial charge in [0.25, 0.3) is 0 Å². The Hall–Kier alpha value is -1.87. The normalized spacial score (nSPS) is 13.8. The number of rotatable bonds is 5. The molecule has 2 aromatic rings. The molecule has 3 heteroatoms. The van der Waals surface area contributed by atoms with Crippen LogP contribution in [0.15, 0.2) is 42.5 Å². The molecule has 0 fully saturated rings. The molecule has 112 valence electrons. The number of aryl methyl sites for hydroxylation is 2. The van der Waals surface area contributed by atoms with Gasteiger partial charge in [0.15, 0.2) is 0 Å². The van der Waals surface area contributed by atoms with Crippen LogP contribution < -0.4 is 10.5 Å². The van der Waals surface area contributed by atoms with Crippen LogP contribution in [0.2, 0.25) is 0 Å². The number of benzene rings is 2. The van der Waals surface area contributed by atoms with Crippen LogP contribution in [0.1, 0.15) is 36.1 Å². The van der Waals surface area contributed by atoms with Gasteiger partial charge >= 0.3 is 0 Å². The number of hydrogen-bond donors (Lipinski definition) is 1. The fourth-order valence-electron chi connectivity index (χ4n) is 2.34. The van der Waals surface area contributed by atoms with E-state index in [1.165, 1.54) is 6.07 Å². The topological polar surface area (TPSA) is 35.2 Å². The average Bonchev–Trinajstić information content (AvgIpc) is 2.48. The third-order valence-electron chi connectivity index (χ3n) is 3.75. The number of ether oxygens (including phenoxy) is 1. The molecule has 2 nitrogen and oxygen atoms in total. The highest BCUT2D eigenvalue weighted by Gasteiger charge is 2.22. The first-order valence-corrected chi connectivity index (χ1v) is 7.26. The highest BCUT2D eigenvalue weighted by molar-refractivity contribution is 5.33. The van der Waals surface area contributed by atoms with Crippen molar-refractivity contribution in [1.82, 2.24) is 0 Å². The Balaban J connectivity index is 2.33. The minimum atomic E-state index is -0.235. The van der Waals surface area contributed by atoms with E-state index in [1.54, 1.807) is 19.1 Å². The number of hydrogen-bond acceptors (Lipinski definition) is 2. The van der Waals surface area contributed by atoms with Gasteiger partial charge in [0.1, 0.15) is 17.7 Å². The van der Waals surface area contributed by atoms with Crippen molar-refractivity contribution < 1.29 is 9.13 Å². The van der Waals surface area contributed by atoms with Crippen molar-refractivity contribution in [3.63, 3.8) is 0 Å². The molecule has 2 rings (SSSR count). The maximum absolute atomic E-state index is 13.4. The lowest BCUT2D eigenvalue weighted by atomic mass is 9.96. The van der Waals surface area contributed by atoms with Crippen molar-refractivity contribution in [3.8, 4) is 5.75 Å². The van der Waals surface area contributed by atoms with E-state index in [2.05, 4.69) is 0 Å². The van der Waals surface area contributed by atoms with Gasteiger partial charge in [-0.3, -0.25) is 0 Å². The Morgan fingerprint density at radius 1 is 1.10 bits per heavy atom. The monoisotopic (exact) mass is 287 g/mol. The number of halogens is 1. The molecule has 0 aliphatic carbocycles. The fraction of sp³-hybridized carbons (Fsp3) is 0.333. The lowest BCUT2D eigenvalue weighted by Crippen LogP contribution is -2.32. The highest BCUT2D eigenvalue weighted by Crippen LogP contribution is 2.28. The summed E-state index contributed by atoms with van der Waals surface area (Å²) in [5.74, 6) is 0.417. The minimum Gasteiger partial charge on any atom is -0.484 e. The molecule has 0 heterocycles. The maximum atomic E-state index is 13.4. The fourth-order valence-corrected chi connectivity index (χ4v) is 2.34. The summed E-state index contributed by atoms with van der Waals surface area (Å²) in [4.78, 5) is 0. The van der Waals surface area contributed by atoms with E-state index in [4.69, 9.17) is 10.5 Å². The van der Waals surface area contributed by atoms with Gasteiger partial charge in [0, 0.05) is 6.04 Å². The second kappa shape index (κ2) is 6.72. The Morgan fingerprint density at radius 3 is 2.43 bits per heavy atom. The van der Waals surface area contributed by atoms with Gasteiger partial charge in [-0.15, -0.1) is 0 Å². The molecule has 0 radical (unpaired) electrons. The van der Waals surface area contributed by atoms with Crippen LogP contribution in [0.3, 0.4) is 0 Å². The van der Waals surface area contributed by atoms with Gasteiger partial charge in [-0.25, -0.2) is 4.39 Å². The summed E-state index contributed by atoms with van der Waals surface area (Å²) >= 11 is 0. The standard InChI is InChI=1S/C18H22FNO/c1-4-17(20)18(15-8-6-5-7-12(15)2)21-14-9-10-16(19)13(3)11-14/h5-11,17-18H,4,20H2,1-3H3. The van der Waals surface area contributed by atoms with Crippen molar-refractivity contribution in [2.45, 2.75) is 39.3 Å². The second-order valence-electron chi connectivity index (χ2n) is 5.38. The molecule has 0 saturated heterocycles. The molecule has 2 N–H and O–H groups in total. The van der Waals surface area contributed by atoms with Crippen molar-refractivity contribution >= 4 is 0 Å². The molecular weight excluding hydrogens is 265 g/mol. The summed E-state index contributed by atoms with van der Waals surface area (Å²) in [5, 5.41) is 0. The summed E-state index contributed by atoms with van der Waals surface area (Å²) in [6.45, 7) is 5.81. The number of nitrogens with two attached hydrogens (primary N) is 1. The Bertz CT molecular complexity index is 612. The quantitative estimate of drug-likeness (QED) is 0.890. The molecule has 0 aromatic heterocycles. The molecule has 0 saturated carbocycles. The van der Waals surface area contributed by atoms with Crippen LogP contribution in [0, 0.1) is 19.7 Å². The molecule has 0 amide bonds. The third-order valence-corrected chi connectivity index (χ3v) is 3.75. The van der Waals surface area contributed by atoms with E-state index in [0.717, 1.165) is 17.5 Å². The Morgan fingerprint density at radius 2 is 1.81 bits per heavy atom. The van der Waals surface area contributed by atoms with Crippen LogP contribution in [0.25, 0.3) is 0 Å². The van der Waals surface area contributed by atoms with E-state index in [1.807, 2.05) is 38.1 Å². The molecule has 0 spiro atoms. The van der Waals surface area contributed by atoms with Gasteiger partial charge in [-0.2, -0.15) is 0 Å². The molecule has 0 bridgehead atoms. The summed E-state index contributed by atoms with van der Waals surface area (Å²) < 4.78 is 19.4. The van der Waals surface area contributed by atoms with Crippen LogP contribution in [-0.4, -0.2) is 6.04 Å². The zero-order valence-electron chi connectivity index (χ0n) is 12.8. The Labute approximate surface area is 125 Å². The van der Waals surface area contributed by atoms with E-state index in [0.29, 0.717) is 11.3 Å². The first-order valence-electron chi connectivity index (χ1n) is 7.26. The van der Waals surface area contributed by atoms with Crippen LogP contribution in [0.5, 0.6) is 5.75 Å². The molecular formula is C18H22FNO. The van der Waals surface area contributed by atoms with Gasteiger partial charge in [-0.1, -0.05) is 31.2 Å². The molecule has 2 unspecified atom stereocenters. The summed E-state index contributed by atoms with van der Waals surface area (Å²) in [7, 11) is 0. The van der Waals surface area contributed by atoms with Crippen LogP contribution in [0.4, 0.5) is 4.39 Å². The van der Waals surface area contributed by atoms with E-state index >= 15 is 0 Å². The third kappa shape index (κ3) is 3.61. The van der Waals surface area contributed by atoms with Crippen molar-refractivity contribution in [3.05, 3.63) is 65.0 Å². The molecule has 2 aromatic carbocycles. The van der Waals surface area contributed by atoms with Gasteiger partial charge in [0.2, 0.25) is 0 Å². The maximum Gasteiger partial charge on any atom is 0.139 e. The largest absolute Gasteiger partial charge is 0.484 e. The highest BCUT2D eigenvalue weighted by atomic mass is 19.1. The minimum absolute atomic E-state index is 0.114. The first-order chi connectivity index (χ1) is 10.0. The lowest BCUT2D eigenvalue weighted by molar-refractivity contribution is 0.170. The van der Waals surface area contributed by atoms with E-state index in [9.17, 15) is 4.39 Å². The van der Waals surface area contributed by atoms with Crippen LogP contribution >= 0.6 is 0 Å². The predicted octanol–water partition coefficient (Wildman–Crippen LogP) is 4.30. The zero-order chi connectivity index (χ0) is 15.4. The van der Waals surface area contributed by atoms with Crippen molar-refractivity contribution in [1.29, 1.82) is 0 Å². The van der Waals surface area contributed by atoms with Crippen LogP contribution in [-0.2, 0) is 0 Å². The first kappa shape index (κ1) is 15.5. The molecule has 0 aliphatic rings. The van der Waals surface area contributed by atoms with E-state index < -0.39 is 0 Å². The molecule has 2 atom stereocenters. The predicted molar refractivity (Wildman–Crippen MR) is 84.0 cm³/mol. The van der Waals surface area contributed by atoms with Gasteiger partial charge in [-0.05, 0) is 55.2 Å². The second-order valence-corrected chi connectivity index (χ2v) is 5.38. The molecule has 0 aliphatic heterocycles. The molecule has 21 heavy (non-hydrogen) atoms. The Kier molecular flexibility index (Phi) is 4.97. The van der Waals surface area contributed by atoms with E-state index in [-0.39, 0.29) is 18.0 Å². The SMILES string of the molecule is CCC(N)C(Oc1ccc(F)c(C)c1)c1ccccc1C. The zero-order valence-corrected chi connectivity index (χ0v) is 12.8. The summed E-state index contributed by atoms with van der Waals surface area (Å²) in [6, 6.07) is 12.7. The van der Waals surface area contributed by atoms with Crippen molar-refractivity contribution in [2.24, 2.45) is 5.73 Å². The average molecular weight is 287 g/mol. The summed E-state index contributed by atoms with van der Waals surface area (Å²) in [6.07, 6.45) is 0.570. The van der Waals surface area contributed by atoms with Crippen molar-refractivity contribution in [2.75, 3.05) is 0 Å². The lowest BCUT2D eigenvalue weighted by Gasteiger charge is -2.26. The van der Waals surface area contributed by atoms with Gasteiger partial charge in [0.05, 0.1) is 0 Å².